The number of aryl methyl sites for hydroxylation is 1. The van der Waals surface area contributed by atoms with E-state index in [0.717, 1.165) is 22.5 Å². The monoisotopic (exact) mass is 530 g/mol. The highest BCUT2D eigenvalue weighted by molar-refractivity contribution is 6.04. The number of anilines is 3. The Morgan fingerprint density at radius 3 is 2.67 bits per heavy atom. The summed E-state index contributed by atoms with van der Waals surface area (Å²) in [5.41, 5.74) is 4.74. The van der Waals surface area contributed by atoms with E-state index in [9.17, 15) is 9.59 Å². The molecule has 0 fully saturated rings. The summed E-state index contributed by atoms with van der Waals surface area (Å²) in [7, 11) is 0. The molecule has 0 unspecified atom stereocenters. The highest BCUT2D eigenvalue weighted by atomic mass is 16.2. The quantitative estimate of drug-likeness (QED) is 0.355. The molecule has 1 aliphatic rings. The third kappa shape index (κ3) is 5.44. The normalized spacial score (nSPS) is 15.2. The maximum absolute atomic E-state index is 13.1. The van der Waals surface area contributed by atoms with E-state index in [1.165, 1.54) is 11.1 Å². The number of hydrogen-bond acceptors (Lipinski definition) is 8. The second-order valence-electron chi connectivity index (χ2n) is 10.7. The fraction of sp³-hybridized carbons (Fsp3) is 0.357. The minimum atomic E-state index is -2.19. The Morgan fingerprint density at radius 1 is 1.13 bits per heavy atom. The Morgan fingerprint density at radius 2 is 1.95 bits per heavy atom. The molecule has 5 rings (SSSR count). The third-order valence-electron chi connectivity index (χ3n) is 6.70. The van der Waals surface area contributed by atoms with Crippen molar-refractivity contribution in [3.05, 3.63) is 75.2 Å². The van der Waals surface area contributed by atoms with E-state index in [2.05, 4.69) is 35.9 Å². The van der Waals surface area contributed by atoms with Gasteiger partial charge in [0.05, 0.1) is 29.8 Å². The average molecular weight is 531 g/mol. The molecule has 1 aliphatic heterocycles. The first-order chi connectivity index (χ1) is 19.7. The fourth-order valence-corrected chi connectivity index (χ4v) is 4.43. The largest absolute Gasteiger partial charge is 0.334 e. The van der Waals surface area contributed by atoms with E-state index in [1.54, 1.807) is 23.0 Å². The molecule has 11 nitrogen and oxygen atoms in total. The zero-order chi connectivity index (χ0) is 30.4. The van der Waals surface area contributed by atoms with Crippen LogP contribution in [0.5, 0.6) is 0 Å². The summed E-state index contributed by atoms with van der Waals surface area (Å²) in [6, 6.07) is 7.10. The van der Waals surface area contributed by atoms with Crippen LogP contribution in [0.1, 0.15) is 57.9 Å². The molecule has 1 amide bonds. The highest BCUT2D eigenvalue weighted by Crippen LogP contribution is 2.31. The van der Waals surface area contributed by atoms with Crippen LogP contribution in [0.2, 0.25) is 0 Å². The number of aromatic amines is 1. The number of aromatic nitrogens is 6. The van der Waals surface area contributed by atoms with Crippen molar-refractivity contribution in [3.63, 3.8) is 0 Å². The van der Waals surface area contributed by atoms with Crippen molar-refractivity contribution in [2.45, 2.75) is 53.1 Å². The first-order valence-corrected chi connectivity index (χ1v) is 12.6. The minimum absolute atomic E-state index is 0.182. The lowest BCUT2D eigenvalue weighted by Gasteiger charge is -2.22. The number of carbonyl (C=O) groups is 1. The molecule has 0 saturated heterocycles. The number of carbonyl (C=O) groups excluding carboxylic acids is 1. The molecule has 11 heteroatoms. The third-order valence-corrected chi connectivity index (χ3v) is 6.70. The summed E-state index contributed by atoms with van der Waals surface area (Å²) >= 11 is 0. The van der Waals surface area contributed by atoms with Gasteiger partial charge in [-0.15, -0.1) is 0 Å². The number of nitrogens with zero attached hydrogens (tertiary/aromatic N) is 6. The molecule has 0 aliphatic carbocycles. The molecule has 0 atom stereocenters. The van der Waals surface area contributed by atoms with Crippen LogP contribution in [-0.4, -0.2) is 54.3 Å². The molecule has 202 valence electrons. The van der Waals surface area contributed by atoms with Crippen LogP contribution in [0, 0.1) is 13.8 Å². The van der Waals surface area contributed by atoms with Crippen molar-refractivity contribution in [3.8, 4) is 11.3 Å². The molecule has 1 aromatic carbocycles. The maximum atomic E-state index is 13.1. The van der Waals surface area contributed by atoms with Crippen molar-refractivity contribution < 1.29 is 8.91 Å². The van der Waals surface area contributed by atoms with Gasteiger partial charge in [-0.05, 0) is 38.0 Å². The lowest BCUT2D eigenvalue weighted by molar-refractivity contribution is 0.102. The van der Waals surface area contributed by atoms with E-state index in [-0.39, 0.29) is 29.2 Å². The molecule has 3 aromatic heterocycles. The summed E-state index contributed by atoms with van der Waals surface area (Å²) in [5.74, 6) is 0.0381. The smallest absolute Gasteiger partial charge is 0.287 e. The number of hydrogen-bond donors (Lipinski definition) is 3. The number of amides is 1. The number of H-pyrrole nitrogens is 1. The zero-order valence-electron chi connectivity index (χ0n) is 25.6. The number of likely N-dealkylation sites (N-methyl/N-ethyl adjacent to an activating group) is 1. The number of rotatable bonds is 5. The molecular weight excluding hydrogens is 494 g/mol. The molecule has 3 N–H and O–H groups in total. The van der Waals surface area contributed by atoms with E-state index in [4.69, 9.17) is 4.11 Å². The second-order valence-corrected chi connectivity index (χ2v) is 10.7. The van der Waals surface area contributed by atoms with Crippen molar-refractivity contribution >= 4 is 23.1 Å². The second kappa shape index (κ2) is 10.1. The molecule has 0 saturated carbocycles. The summed E-state index contributed by atoms with van der Waals surface area (Å²) in [6.07, 6.45) is 3.09. The standard InChI is InChI=1S/C28H33N9O2/c1-16-7-8-19(17(2)25(16)32-26(38)22-13-30-23(14-29-22)28(3,4)5)20-12-21(27(39)34-33-20)31-24-11-18-15-36(6)9-10-37(18)35-24/h7-8,11-14H,9-10,15H2,1-6H3,(H,32,38)(H,34,39)(H,31,33,35)/i6D3. The van der Waals surface area contributed by atoms with Gasteiger partial charge < -0.3 is 10.6 Å². The number of benzene rings is 1. The average Bonchev–Trinajstić information content (AvgIpc) is 3.33. The Labute approximate surface area is 230 Å². The molecule has 0 radical (unpaired) electrons. The van der Waals surface area contributed by atoms with Crippen LogP contribution >= 0.6 is 0 Å². The Kier molecular flexibility index (Phi) is 5.83. The first kappa shape index (κ1) is 22.6. The van der Waals surface area contributed by atoms with Crippen molar-refractivity contribution in [1.82, 2.24) is 34.8 Å². The lowest BCUT2D eigenvalue weighted by Crippen LogP contribution is -2.30. The lowest BCUT2D eigenvalue weighted by atomic mass is 9.93. The predicted molar refractivity (Wildman–Crippen MR) is 150 cm³/mol. The van der Waals surface area contributed by atoms with Gasteiger partial charge in [0.15, 0.2) is 5.82 Å². The van der Waals surface area contributed by atoms with E-state index < -0.39 is 12.5 Å². The minimum Gasteiger partial charge on any atom is -0.334 e. The van der Waals surface area contributed by atoms with E-state index in [1.807, 2.05) is 46.8 Å². The van der Waals surface area contributed by atoms with Crippen LogP contribution in [0.3, 0.4) is 0 Å². The molecule has 0 bridgehead atoms. The molecular formula is C28H33N9O2. The predicted octanol–water partition coefficient (Wildman–Crippen LogP) is 3.78. The van der Waals surface area contributed by atoms with Crippen molar-refractivity contribution in [2.24, 2.45) is 0 Å². The van der Waals surface area contributed by atoms with Gasteiger partial charge >= 0.3 is 0 Å². The van der Waals surface area contributed by atoms with Crippen molar-refractivity contribution in [1.29, 1.82) is 0 Å². The maximum Gasteiger partial charge on any atom is 0.287 e. The van der Waals surface area contributed by atoms with E-state index in [0.29, 0.717) is 35.9 Å². The number of nitrogens with one attached hydrogen (secondary N) is 3. The van der Waals surface area contributed by atoms with Crippen LogP contribution in [-0.2, 0) is 18.5 Å². The van der Waals surface area contributed by atoms with Gasteiger partial charge in [-0.3, -0.25) is 24.2 Å². The van der Waals surface area contributed by atoms with Crippen LogP contribution in [0.25, 0.3) is 11.3 Å². The SMILES string of the molecule is [2H]C([2H])([2H])N1CCn2nc(Nc3cc(-c4ccc(C)c(NC(=O)c5cnc(C(C)(C)C)cn5)c4C)n[nH]c3=O)cc2C1. The molecule has 4 aromatic rings. The van der Waals surface area contributed by atoms with Crippen molar-refractivity contribution in [2.75, 3.05) is 24.2 Å². The topological polar surface area (TPSA) is 134 Å². The Bertz CT molecular complexity index is 1700. The van der Waals surface area contributed by atoms with Gasteiger partial charge in [0.25, 0.3) is 11.5 Å². The van der Waals surface area contributed by atoms with Crippen LogP contribution < -0.4 is 16.2 Å². The number of fused-ring (bicyclic) bond motifs is 1. The zero-order valence-corrected chi connectivity index (χ0v) is 22.6. The van der Waals surface area contributed by atoms with E-state index >= 15 is 0 Å². The summed E-state index contributed by atoms with van der Waals surface area (Å²) in [5, 5.41) is 17.3. The molecule has 4 heterocycles. The van der Waals surface area contributed by atoms with Gasteiger partial charge in [0.1, 0.15) is 11.4 Å². The van der Waals surface area contributed by atoms with Crippen LogP contribution in [0.15, 0.2) is 41.5 Å². The Hall–Kier alpha value is -4.38. The van der Waals surface area contributed by atoms with Gasteiger partial charge in [-0.25, -0.2) is 10.1 Å². The first-order valence-electron chi connectivity index (χ1n) is 14.1. The Balaban J connectivity index is 1.39. The highest BCUT2D eigenvalue weighted by Gasteiger charge is 2.20. The summed E-state index contributed by atoms with van der Waals surface area (Å²) < 4.78 is 24.8. The van der Waals surface area contributed by atoms with Gasteiger partial charge in [-0.2, -0.15) is 10.2 Å². The van der Waals surface area contributed by atoms with Gasteiger partial charge in [0.2, 0.25) is 0 Å². The fourth-order valence-electron chi connectivity index (χ4n) is 4.43. The molecule has 0 spiro atoms. The molecule has 39 heavy (non-hydrogen) atoms. The summed E-state index contributed by atoms with van der Waals surface area (Å²) in [6.45, 7) is 8.66. The van der Waals surface area contributed by atoms with Crippen LogP contribution in [0.4, 0.5) is 17.2 Å². The van der Waals surface area contributed by atoms with Gasteiger partial charge in [0, 0.05) is 46.1 Å². The van der Waals surface area contributed by atoms with Gasteiger partial charge in [-0.1, -0.05) is 32.9 Å². The summed E-state index contributed by atoms with van der Waals surface area (Å²) in [4.78, 5) is 35.8.